The lowest BCUT2D eigenvalue weighted by Gasteiger charge is -2.20. The summed E-state index contributed by atoms with van der Waals surface area (Å²) in [6.45, 7) is 5.00. The number of H-pyrrole nitrogens is 2. The van der Waals surface area contributed by atoms with Crippen molar-refractivity contribution in [3.8, 4) is 5.75 Å². The zero-order valence-corrected chi connectivity index (χ0v) is 24.7. The zero-order valence-electron chi connectivity index (χ0n) is 24.7. The highest BCUT2D eigenvalue weighted by Crippen LogP contribution is 2.38. The van der Waals surface area contributed by atoms with Crippen LogP contribution in [0.25, 0.3) is 11.0 Å². The fourth-order valence-corrected chi connectivity index (χ4v) is 4.98. The summed E-state index contributed by atoms with van der Waals surface area (Å²) in [6, 6.07) is 7.21. The number of anilines is 5. The van der Waals surface area contributed by atoms with E-state index in [0.717, 1.165) is 17.3 Å². The number of rotatable bonds is 10. The number of carbonyl (C=O) groups is 2. The first-order valence-corrected chi connectivity index (χ1v) is 13.9. The van der Waals surface area contributed by atoms with Crippen LogP contribution < -0.4 is 30.6 Å². The summed E-state index contributed by atoms with van der Waals surface area (Å²) in [4.78, 5) is 40.3. The second kappa shape index (κ2) is 12.2. The first-order valence-electron chi connectivity index (χ1n) is 13.9. The number of methoxy groups -OCH3 is 1. The van der Waals surface area contributed by atoms with Crippen molar-refractivity contribution in [2.75, 3.05) is 56.4 Å². The molecular formula is C30H35F2N8O3+. The molecule has 11 nitrogen and oxygen atoms in total. The summed E-state index contributed by atoms with van der Waals surface area (Å²) in [5.41, 5.74) is 2.49. The summed E-state index contributed by atoms with van der Waals surface area (Å²) < 4.78 is 34.9. The molecule has 2 aromatic carbocycles. The smallest absolute Gasteiger partial charge is 0.351 e. The summed E-state index contributed by atoms with van der Waals surface area (Å²) in [6.07, 6.45) is 2.39. The maximum Gasteiger partial charge on any atom is 0.351 e. The number of aromatic amines is 2. The number of carbonyl (C=O) groups excluding carboxylic acids is 2. The molecule has 2 amide bonds. The van der Waals surface area contributed by atoms with Gasteiger partial charge < -0.3 is 25.2 Å². The molecule has 3 heterocycles. The number of nitrogens with zero attached hydrogens (tertiary/aromatic N) is 3. The van der Waals surface area contributed by atoms with Crippen molar-refractivity contribution in [2.24, 2.45) is 5.92 Å². The quantitative estimate of drug-likeness (QED) is 0.219. The third kappa shape index (κ3) is 6.36. The Kier molecular flexibility index (Phi) is 8.44. The number of ether oxygens (including phenoxy) is 1. The minimum atomic E-state index is -0.994. The van der Waals surface area contributed by atoms with Gasteiger partial charge in [-0.05, 0) is 50.2 Å². The Labute approximate surface area is 247 Å². The average molecular weight is 594 g/mol. The number of hydrogen-bond donors (Lipinski definition) is 4. The lowest BCUT2D eigenvalue weighted by atomic mass is 10.1. The Bertz CT molecular complexity index is 1690. The number of halogens is 2. The number of likely N-dealkylation sites (N-methyl/N-ethyl adjacent to an activating group) is 1. The predicted molar refractivity (Wildman–Crippen MR) is 160 cm³/mol. The van der Waals surface area contributed by atoms with E-state index in [1.165, 1.54) is 0 Å². The molecule has 0 aliphatic carbocycles. The number of benzene rings is 2. The van der Waals surface area contributed by atoms with E-state index < -0.39 is 17.5 Å². The highest BCUT2D eigenvalue weighted by atomic mass is 19.1. The largest absolute Gasteiger partial charge is 0.493 e. The molecule has 0 saturated carbocycles. The molecule has 13 heteroatoms. The van der Waals surface area contributed by atoms with Gasteiger partial charge in [0.05, 0.1) is 36.0 Å². The molecule has 0 spiro atoms. The van der Waals surface area contributed by atoms with Crippen LogP contribution in [0.1, 0.15) is 29.8 Å². The van der Waals surface area contributed by atoms with E-state index in [0.29, 0.717) is 48.0 Å². The van der Waals surface area contributed by atoms with Gasteiger partial charge in [0.15, 0.2) is 5.75 Å². The standard InChI is InChI=1S/C30H34F2N8O3/c1-16(2)14-34-29(42)26-20(32)11-18(31)12-22(26)35-28-19-6-8-33-27(19)37-30(38-28)36-21-13-23-17(10-24(21)43-5)7-9-40(23)25(41)15-39(3)4/h6,8,10-13,16H,7,9,14-15H2,1-5H3,(H,34,42)(H3,33,35,36,37,38)/p+1. The van der Waals surface area contributed by atoms with Gasteiger partial charge in [-0.15, -0.1) is 0 Å². The Morgan fingerprint density at radius 1 is 1.16 bits per heavy atom. The molecule has 0 unspecified atom stereocenters. The van der Waals surface area contributed by atoms with Gasteiger partial charge >= 0.3 is 5.95 Å². The van der Waals surface area contributed by atoms with E-state index in [4.69, 9.17) is 4.74 Å². The van der Waals surface area contributed by atoms with E-state index in [1.54, 1.807) is 24.3 Å². The maximum absolute atomic E-state index is 14.9. The van der Waals surface area contributed by atoms with Crippen molar-refractivity contribution in [2.45, 2.75) is 20.3 Å². The molecule has 1 aliphatic heterocycles. The molecule has 0 bridgehead atoms. The summed E-state index contributed by atoms with van der Waals surface area (Å²) in [5, 5.41) is 9.47. The lowest BCUT2D eigenvalue weighted by Crippen LogP contribution is -2.36. The van der Waals surface area contributed by atoms with Crippen molar-refractivity contribution >= 4 is 51.7 Å². The van der Waals surface area contributed by atoms with Crippen LogP contribution >= 0.6 is 0 Å². The molecule has 4 aromatic rings. The lowest BCUT2D eigenvalue weighted by molar-refractivity contribution is -0.333. The monoisotopic (exact) mass is 593 g/mol. The topological polar surface area (TPSA) is 129 Å². The molecule has 226 valence electrons. The van der Waals surface area contributed by atoms with Gasteiger partial charge in [-0.3, -0.25) is 19.9 Å². The predicted octanol–water partition coefficient (Wildman–Crippen LogP) is 3.99. The zero-order chi connectivity index (χ0) is 30.8. The molecule has 0 saturated heterocycles. The van der Waals surface area contributed by atoms with Crippen molar-refractivity contribution < 1.29 is 28.1 Å². The molecular weight excluding hydrogens is 558 g/mol. The Balaban J connectivity index is 1.51. The molecule has 5 N–H and O–H groups in total. The van der Waals surface area contributed by atoms with Crippen LogP contribution in [0.3, 0.4) is 0 Å². The average Bonchev–Trinajstić information content (AvgIpc) is 3.57. The molecule has 43 heavy (non-hydrogen) atoms. The normalized spacial score (nSPS) is 12.6. The van der Waals surface area contributed by atoms with Gasteiger partial charge in [0.2, 0.25) is 17.4 Å². The molecule has 0 radical (unpaired) electrons. The fourth-order valence-electron chi connectivity index (χ4n) is 4.98. The van der Waals surface area contributed by atoms with Crippen LogP contribution in [-0.2, 0) is 11.2 Å². The van der Waals surface area contributed by atoms with E-state index in [9.17, 15) is 18.4 Å². The minimum absolute atomic E-state index is 0.0144. The third-order valence-corrected chi connectivity index (χ3v) is 6.98. The van der Waals surface area contributed by atoms with E-state index >= 15 is 0 Å². The van der Waals surface area contributed by atoms with E-state index in [1.807, 2.05) is 45.0 Å². The first kappa shape index (κ1) is 29.7. The second-order valence-corrected chi connectivity index (χ2v) is 11.1. The first-order chi connectivity index (χ1) is 20.5. The Morgan fingerprint density at radius 2 is 1.95 bits per heavy atom. The van der Waals surface area contributed by atoms with E-state index in [-0.39, 0.29) is 41.4 Å². The van der Waals surface area contributed by atoms with Crippen LogP contribution in [0, 0.1) is 17.6 Å². The second-order valence-electron chi connectivity index (χ2n) is 11.1. The summed E-state index contributed by atoms with van der Waals surface area (Å²) in [7, 11) is 5.25. The minimum Gasteiger partial charge on any atom is -0.493 e. The van der Waals surface area contributed by atoms with Gasteiger partial charge in [-0.25, -0.2) is 13.8 Å². The maximum atomic E-state index is 14.9. The molecule has 0 atom stereocenters. The van der Waals surface area contributed by atoms with Gasteiger partial charge in [-0.2, -0.15) is 0 Å². The van der Waals surface area contributed by atoms with Crippen LogP contribution in [0.2, 0.25) is 0 Å². The van der Waals surface area contributed by atoms with Gasteiger partial charge in [0.25, 0.3) is 5.91 Å². The van der Waals surface area contributed by atoms with Crippen LogP contribution in [0.4, 0.5) is 37.6 Å². The van der Waals surface area contributed by atoms with Crippen molar-refractivity contribution in [3.63, 3.8) is 0 Å². The number of aromatic nitrogens is 3. The van der Waals surface area contributed by atoms with Crippen molar-refractivity contribution in [1.29, 1.82) is 0 Å². The highest BCUT2D eigenvalue weighted by Gasteiger charge is 2.28. The number of nitrogens with one attached hydrogen (secondary N) is 5. The summed E-state index contributed by atoms with van der Waals surface area (Å²) >= 11 is 0. The van der Waals surface area contributed by atoms with E-state index in [2.05, 4.69) is 30.9 Å². The van der Waals surface area contributed by atoms with Crippen LogP contribution in [0.15, 0.2) is 36.5 Å². The SMILES string of the molecule is COc1cc2c(cc1Nc1nc(Nc3cc(F)cc(F)c3C(=O)NCC(C)C)c3cc[nH]c3[nH+]1)N(C(=O)CN(C)C)CC2. The van der Waals surface area contributed by atoms with Crippen molar-refractivity contribution in [3.05, 3.63) is 59.3 Å². The van der Waals surface area contributed by atoms with Crippen LogP contribution in [-0.4, -0.2) is 67.5 Å². The number of amides is 2. The molecule has 5 rings (SSSR count). The molecule has 1 aliphatic rings. The Morgan fingerprint density at radius 3 is 2.67 bits per heavy atom. The van der Waals surface area contributed by atoms with Gasteiger partial charge in [0.1, 0.15) is 17.3 Å². The fraction of sp³-hybridized carbons (Fsp3) is 0.333. The molecule has 2 aromatic heterocycles. The highest BCUT2D eigenvalue weighted by molar-refractivity contribution is 6.02. The third-order valence-electron chi connectivity index (χ3n) is 6.98. The number of fused-ring (bicyclic) bond motifs is 2. The molecule has 0 fully saturated rings. The van der Waals surface area contributed by atoms with Gasteiger partial charge in [-0.1, -0.05) is 18.8 Å². The van der Waals surface area contributed by atoms with Crippen LogP contribution in [0.5, 0.6) is 5.75 Å². The number of hydrogen-bond acceptors (Lipinski definition) is 7. The Hall–Kier alpha value is -4.78. The van der Waals surface area contributed by atoms with Crippen molar-refractivity contribution in [1.82, 2.24) is 20.2 Å². The summed E-state index contributed by atoms with van der Waals surface area (Å²) in [5.74, 6) is -1.33. The van der Waals surface area contributed by atoms with Gasteiger partial charge in [0, 0.05) is 31.4 Å².